The molecule has 3 aromatic heterocycles. The Hall–Kier alpha value is -3.67. The standard InChI is InChI=1S/C24H17F2N5O2S2/c1-30-23(27-28-24(30)35-22-16(25)10-14(11-17(22)26)20(33)13-32)18-12-19(21-8-5-9-34-21)31(29-18)15-6-3-2-4-7-15/h2-12,32H,13H2,1H3. The summed E-state index contributed by atoms with van der Waals surface area (Å²) in [6, 6.07) is 17.3. The molecule has 0 saturated heterocycles. The minimum absolute atomic E-state index is 0.238. The van der Waals surface area contributed by atoms with Crippen LogP contribution in [0.4, 0.5) is 8.78 Å². The first-order valence-electron chi connectivity index (χ1n) is 10.4. The van der Waals surface area contributed by atoms with Gasteiger partial charge in [0.1, 0.15) is 23.9 Å². The summed E-state index contributed by atoms with van der Waals surface area (Å²) in [6.45, 7) is -0.832. The van der Waals surface area contributed by atoms with Crippen LogP contribution in [0.2, 0.25) is 0 Å². The number of hydrogen-bond acceptors (Lipinski definition) is 7. The number of Topliss-reactive ketones (excluding diaryl/α,β-unsaturated/α-hetero) is 1. The van der Waals surface area contributed by atoms with Gasteiger partial charge in [-0.2, -0.15) is 5.10 Å². The van der Waals surface area contributed by atoms with Crippen LogP contribution in [0.15, 0.2) is 76.1 Å². The molecule has 0 radical (unpaired) electrons. The molecule has 2 aromatic carbocycles. The van der Waals surface area contributed by atoms with E-state index in [0.717, 1.165) is 40.2 Å². The number of ketones is 1. The number of carbonyl (C=O) groups is 1. The maximum Gasteiger partial charge on any atom is 0.196 e. The van der Waals surface area contributed by atoms with Gasteiger partial charge in [0.05, 0.1) is 21.2 Å². The van der Waals surface area contributed by atoms with E-state index in [1.165, 1.54) is 0 Å². The van der Waals surface area contributed by atoms with Gasteiger partial charge in [-0.05, 0) is 53.5 Å². The Morgan fingerprint density at radius 3 is 2.46 bits per heavy atom. The lowest BCUT2D eigenvalue weighted by molar-refractivity contribution is 0.0902. The molecule has 176 valence electrons. The third-order valence-corrected chi connectivity index (χ3v) is 7.23. The average Bonchev–Trinajstić information content (AvgIpc) is 3.61. The molecule has 3 heterocycles. The minimum atomic E-state index is -0.926. The summed E-state index contributed by atoms with van der Waals surface area (Å²) >= 11 is 2.33. The van der Waals surface area contributed by atoms with Gasteiger partial charge in [-0.15, -0.1) is 21.5 Å². The maximum atomic E-state index is 14.6. The smallest absolute Gasteiger partial charge is 0.196 e. The first-order valence-corrected chi connectivity index (χ1v) is 12.1. The van der Waals surface area contributed by atoms with Crippen molar-refractivity contribution in [1.29, 1.82) is 0 Å². The van der Waals surface area contributed by atoms with Crippen molar-refractivity contribution in [1.82, 2.24) is 24.5 Å². The number of halogens is 2. The number of aliphatic hydroxyl groups is 1. The molecule has 1 N–H and O–H groups in total. The van der Waals surface area contributed by atoms with E-state index in [0.29, 0.717) is 11.5 Å². The summed E-state index contributed by atoms with van der Waals surface area (Å²) in [4.78, 5) is 12.3. The molecule has 0 saturated carbocycles. The van der Waals surface area contributed by atoms with Crippen molar-refractivity contribution in [2.45, 2.75) is 10.1 Å². The fourth-order valence-electron chi connectivity index (χ4n) is 3.48. The van der Waals surface area contributed by atoms with E-state index in [1.807, 2.05) is 58.6 Å². The molecule has 0 bridgehead atoms. The van der Waals surface area contributed by atoms with Crippen molar-refractivity contribution in [2.75, 3.05) is 6.61 Å². The Balaban J connectivity index is 1.52. The van der Waals surface area contributed by atoms with Gasteiger partial charge in [-0.25, -0.2) is 13.5 Å². The summed E-state index contributed by atoms with van der Waals surface area (Å²) in [5.74, 6) is -2.20. The normalized spacial score (nSPS) is 11.2. The number of rotatable bonds is 7. The monoisotopic (exact) mass is 509 g/mol. The van der Waals surface area contributed by atoms with E-state index in [-0.39, 0.29) is 15.6 Å². The largest absolute Gasteiger partial charge is 0.388 e. The molecule has 0 aliphatic heterocycles. The highest BCUT2D eigenvalue weighted by Gasteiger charge is 2.22. The topological polar surface area (TPSA) is 85.8 Å². The van der Waals surface area contributed by atoms with Crippen LogP contribution in [0.1, 0.15) is 10.4 Å². The first kappa shape index (κ1) is 23.1. The van der Waals surface area contributed by atoms with Crippen LogP contribution in [0.3, 0.4) is 0 Å². The maximum absolute atomic E-state index is 14.6. The van der Waals surface area contributed by atoms with Gasteiger partial charge < -0.3 is 9.67 Å². The van der Waals surface area contributed by atoms with Crippen LogP contribution in [0.5, 0.6) is 0 Å². The third kappa shape index (κ3) is 4.41. The zero-order valence-corrected chi connectivity index (χ0v) is 19.9. The summed E-state index contributed by atoms with van der Waals surface area (Å²) in [5.41, 5.74) is 2.06. The molecule has 0 fully saturated rings. The molecule has 5 aromatic rings. The molecule has 0 aliphatic carbocycles. The second kappa shape index (κ2) is 9.53. The number of aliphatic hydroxyl groups excluding tert-OH is 1. The molecule has 11 heteroatoms. The van der Waals surface area contributed by atoms with Gasteiger partial charge in [0.2, 0.25) is 0 Å². The van der Waals surface area contributed by atoms with E-state index in [1.54, 1.807) is 23.0 Å². The molecule has 0 unspecified atom stereocenters. The Bertz CT molecular complexity index is 1490. The number of thiophene rings is 1. The van der Waals surface area contributed by atoms with E-state index in [2.05, 4.69) is 10.2 Å². The Labute approximate surface area is 206 Å². The van der Waals surface area contributed by atoms with Gasteiger partial charge in [0, 0.05) is 12.6 Å². The minimum Gasteiger partial charge on any atom is -0.388 e. The van der Waals surface area contributed by atoms with Crippen LogP contribution in [0.25, 0.3) is 27.8 Å². The summed E-state index contributed by atoms with van der Waals surface area (Å²) in [5, 5.41) is 24.2. The third-order valence-electron chi connectivity index (χ3n) is 5.20. The molecule has 0 amide bonds. The Morgan fingerprint density at radius 2 is 1.80 bits per heavy atom. The highest BCUT2D eigenvalue weighted by molar-refractivity contribution is 7.99. The number of para-hydroxylation sites is 1. The highest BCUT2D eigenvalue weighted by atomic mass is 32.2. The molecule has 0 aliphatic rings. The second-order valence-corrected chi connectivity index (χ2v) is 9.38. The lowest BCUT2D eigenvalue weighted by Gasteiger charge is -2.07. The lowest BCUT2D eigenvalue weighted by atomic mass is 10.1. The van der Waals surface area contributed by atoms with Crippen LogP contribution < -0.4 is 0 Å². The van der Waals surface area contributed by atoms with Crippen molar-refractivity contribution in [2.24, 2.45) is 7.05 Å². The van der Waals surface area contributed by atoms with E-state index in [4.69, 9.17) is 10.2 Å². The predicted octanol–water partition coefficient (Wildman–Crippen LogP) is 5.00. The molecular formula is C24H17F2N5O2S2. The number of hydrogen-bond donors (Lipinski definition) is 1. The van der Waals surface area contributed by atoms with E-state index >= 15 is 0 Å². The molecule has 0 atom stereocenters. The van der Waals surface area contributed by atoms with Crippen molar-refractivity contribution in [3.63, 3.8) is 0 Å². The van der Waals surface area contributed by atoms with Crippen molar-refractivity contribution in [3.8, 4) is 27.8 Å². The Morgan fingerprint density at radius 1 is 1.06 bits per heavy atom. The fraction of sp³-hybridized carbons (Fsp3) is 0.0833. The fourth-order valence-corrected chi connectivity index (χ4v) is 5.01. The van der Waals surface area contributed by atoms with Crippen LogP contribution in [-0.2, 0) is 7.05 Å². The van der Waals surface area contributed by atoms with Gasteiger partial charge in [-0.1, -0.05) is 24.3 Å². The Kier molecular flexibility index (Phi) is 6.29. The lowest BCUT2D eigenvalue weighted by Crippen LogP contribution is -2.06. The van der Waals surface area contributed by atoms with E-state index in [9.17, 15) is 13.6 Å². The molecule has 5 rings (SSSR count). The highest BCUT2D eigenvalue weighted by Crippen LogP contribution is 2.35. The van der Waals surface area contributed by atoms with Crippen LogP contribution in [-0.4, -0.2) is 42.0 Å². The average molecular weight is 510 g/mol. The molecular weight excluding hydrogens is 492 g/mol. The van der Waals surface area contributed by atoms with Crippen molar-refractivity contribution >= 4 is 28.9 Å². The van der Waals surface area contributed by atoms with Gasteiger partial charge in [0.25, 0.3) is 0 Å². The van der Waals surface area contributed by atoms with Gasteiger partial charge >= 0.3 is 0 Å². The molecule has 7 nitrogen and oxygen atoms in total. The summed E-state index contributed by atoms with van der Waals surface area (Å²) in [6.07, 6.45) is 0. The molecule has 35 heavy (non-hydrogen) atoms. The zero-order chi connectivity index (χ0) is 24.5. The van der Waals surface area contributed by atoms with Crippen molar-refractivity contribution < 1.29 is 18.7 Å². The second-order valence-electron chi connectivity index (χ2n) is 7.46. The summed E-state index contributed by atoms with van der Waals surface area (Å²) in [7, 11) is 1.68. The predicted molar refractivity (Wildman–Crippen MR) is 129 cm³/mol. The quantitative estimate of drug-likeness (QED) is 0.311. The van der Waals surface area contributed by atoms with Gasteiger partial charge in [-0.3, -0.25) is 4.79 Å². The first-order chi connectivity index (χ1) is 17.0. The number of aromatic nitrogens is 5. The zero-order valence-electron chi connectivity index (χ0n) is 18.2. The van der Waals surface area contributed by atoms with E-state index < -0.39 is 24.0 Å². The number of benzene rings is 2. The van der Waals surface area contributed by atoms with Crippen molar-refractivity contribution in [3.05, 3.63) is 83.2 Å². The number of nitrogens with zero attached hydrogens (tertiary/aromatic N) is 5. The van der Waals surface area contributed by atoms with Gasteiger partial charge in [0.15, 0.2) is 16.8 Å². The SMILES string of the molecule is Cn1c(Sc2c(F)cc(C(=O)CO)cc2F)nnc1-c1cc(-c2cccs2)n(-c2ccccc2)n1. The van der Waals surface area contributed by atoms with Crippen LogP contribution in [0, 0.1) is 11.6 Å². The number of carbonyl (C=O) groups excluding carboxylic acids is 1. The van der Waals surface area contributed by atoms with Crippen LogP contribution >= 0.6 is 23.1 Å². The summed E-state index contributed by atoms with van der Waals surface area (Å²) < 4.78 is 32.6. The molecule has 0 spiro atoms.